The molecule has 0 bridgehead atoms. The van der Waals surface area contributed by atoms with Gasteiger partial charge in [-0.25, -0.2) is 8.42 Å². The highest BCUT2D eigenvalue weighted by molar-refractivity contribution is 7.92. The zero-order chi connectivity index (χ0) is 22.5. The highest BCUT2D eigenvalue weighted by Gasteiger charge is 2.31. The number of carbonyl (C=O) groups excluding carboxylic acids is 1. The molecule has 0 radical (unpaired) electrons. The summed E-state index contributed by atoms with van der Waals surface area (Å²) >= 11 is 0. The van der Waals surface area contributed by atoms with Crippen LogP contribution in [-0.4, -0.2) is 39.8 Å². The second-order valence-electron chi connectivity index (χ2n) is 7.64. The van der Waals surface area contributed by atoms with Crippen LogP contribution in [0.25, 0.3) is 0 Å². The third kappa shape index (κ3) is 5.98. The van der Waals surface area contributed by atoms with Gasteiger partial charge >= 0.3 is 0 Å². The Labute approximate surface area is 180 Å². The van der Waals surface area contributed by atoms with E-state index in [0.29, 0.717) is 18.7 Å². The third-order valence-electron chi connectivity index (χ3n) is 5.22. The fraction of sp³-hybridized carbons (Fsp3) is 0.435. The van der Waals surface area contributed by atoms with Crippen LogP contribution in [0.5, 0.6) is 5.75 Å². The summed E-state index contributed by atoms with van der Waals surface area (Å²) in [5, 5.41) is 2.81. The summed E-state index contributed by atoms with van der Waals surface area (Å²) in [5.74, 6) is 0.400. The number of hydrogen-bond donors (Lipinski definition) is 1. The van der Waals surface area contributed by atoms with Crippen molar-refractivity contribution in [1.29, 1.82) is 0 Å². The molecule has 0 heterocycles. The van der Waals surface area contributed by atoms with Crippen molar-refractivity contribution in [2.75, 3.05) is 23.7 Å². The third-order valence-corrected chi connectivity index (χ3v) is 6.40. The Morgan fingerprint density at radius 2 is 1.60 bits per heavy atom. The van der Waals surface area contributed by atoms with Crippen molar-refractivity contribution in [3.8, 4) is 5.75 Å². The number of hydrogen-bond acceptors (Lipinski definition) is 4. The number of ether oxygens (including phenoxy) is 1. The molecule has 2 aromatic rings. The number of anilines is 1. The van der Waals surface area contributed by atoms with Gasteiger partial charge in [0.05, 0.1) is 18.5 Å². The maximum atomic E-state index is 12.8. The van der Waals surface area contributed by atoms with E-state index in [9.17, 15) is 13.2 Å². The Morgan fingerprint density at radius 3 is 2.13 bits per heavy atom. The van der Waals surface area contributed by atoms with Crippen LogP contribution in [0.4, 0.5) is 5.69 Å². The van der Waals surface area contributed by atoms with Crippen molar-refractivity contribution in [2.24, 2.45) is 0 Å². The number of aryl methyl sites for hydroxylation is 4. The average Bonchev–Trinajstić information content (AvgIpc) is 2.67. The molecule has 0 aliphatic rings. The minimum absolute atomic E-state index is 0.285. The van der Waals surface area contributed by atoms with Crippen LogP contribution in [0.15, 0.2) is 36.4 Å². The summed E-state index contributed by atoms with van der Waals surface area (Å²) in [6, 6.07) is 10.4. The minimum atomic E-state index is -3.65. The van der Waals surface area contributed by atoms with Crippen molar-refractivity contribution in [1.82, 2.24) is 5.32 Å². The molecule has 0 aliphatic heterocycles. The average molecular weight is 433 g/mol. The first kappa shape index (κ1) is 23.7. The fourth-order valence-electron chi connectivity index (χ4n) is 3.19. The van der Waals surface area contributed by atoms with Gasteiger partial charge in [-0.1, -0.05) is 19.1 Å². The molecule has 0 saturated carbocycles. The minimum Gasteiger partial charge on any atom is -0.492 e. The number of sulfonamides is 1. The lowest BCUT2D eigenvalue weighted by Gasteiger charge is -2.30. The Hall–Kier alpha value is -2.54. The van der Waals surface area contributed by atoms with Gasteiger partial charge in [-0.05, 0) is 80.6 Å². The van der Waals surface area contributed by atoms with Crippen LogP contribution >= 0.6 is 0 Å². The predicted molar refractivity (Wildman–Crippen MR) is 122 cm³/mol. The topological polar surface area (TPSA) is 75.7 Å². The van der Waals surface area contributed by atoms with Gasteiger partial charge in [-0.3, -0.25) is 9.10 Å². The summed E-state index contributed by atoms with van der Waals surface area (Å²) < 4.78 is 32.0. The summed E-state index contributed by atoms with van der Waals surface area (Å²) in [4.78, 5) is 12.8. The maximum Gasteiger partial charge on any atom is 0.244 e. The molecule has 0 aliphatic carbocycles. The van der Waals surface area contributed by atoms with Gasteiger partial charge in [-0.2, -0.15) is 0 Å². The van der Waals surface area contributed by atoms with E-state index >= 15 is 0 Å². The quantitative estimate of drug-likeness (QED) is 0.614. The van der Waals surface area contributed by atoms with Crippen LogP contribution in [0.3, 0.4) is 0 Å². The Balaban J connectivity index is 2.07. The molecule has 0 saturated heterocycles. The van der Waals surface area contributed by atoms with E-state index in [0.717, 1.165) is 28.7 Å². The van der Waals surface area contributed by atoms with Gasteiger partial charge in [-0.15, -0.1) is 0 Å². The first-order valence-electron chi connectivity index (χ1n) is 10.1. The smallest absolute Gasteiger partial charge is 0.244 e. The maximum absolute atomic E-state index is 12.8. The van der Waals surface area contributed by atoms with Crippen molar-refractivity contribution in [2.45, 2.75) is 47.1 Å². The monoisotopic (exact) mass is 432 g/mol. The highest BCUT2D eigenvalue weighted by atomic mass is 32.2. The zero-order valence-electron chi connectivity index (χ0n) is 18.7. The number of rotatable bonds is 9. The normalized spacial score (nSPS) is 12.3. The number of benzene rings is 2. The summed E-state index contributed by atoms with van der Waals surface area (Å²) in [6.45, 7) is 10.3. The number of nitrogens with one attached hydrogen (secondary N) is 1. The molecule has 7 heteroatoms. The largest absolute Gasteiger partial charge is 0.492 e. The van der Waals surface area contributed by atoms with Gasteiger partial charge in [0.15, 0.2) is 0 Å². The molecular weight excluding hydrogens is 400 g/mol. The lowest BCUT2D eigenvalue weighted by molar-refractivity contribution is -0.122. The molecule has 1 amide bonds. The molecule has 1 atom stereocenters. The van der Waals surface area contributed by atoms with Crippen molar-refractivity contribution in [3.05, 3.63) is 58.7 Å². The van der Waals surface area contributed by atoms with Crippen LogP contribution in [-0.2, 0) is 14.8 Å². The Morgan fingerprint density at radius 1 is 1.00 bits per heavy atom. The van der Waals surface area contributed by atoms with E-state index in [4.69, 9.17) is 4.74 Å². The number of carbonyl (C=O) groups is 1. The molecule has 0 spiro atoms. The van der Waals surface area contributed by atoms with Crippen LogP contribution < -0.4 is 14.4 Å². The molecule has 164 valence electrons. The van der Waals surface area contributed by atoms with Gasteiger partial charge in [0.1, 0.15) is 18.4 Å². The van der Waals surface area contributed by atoms with Gasteiger partial charge in [0.2, 0.25) is 15.9 Å². The SMILES string of the molecule is CC[C@@H](C(=O)NCCOc1ccc(C)c(C)c1)N(c1ccc(C)c(C)c1)S(C)(=O)=O. The van der Waals surface area contributed by atoms with Crippen molar-refractivity contribution in [3.63, 3.8) is 0 Å². The summed E-state index contributed by atoms with van der Waals surface area (Å²) in [6.07, 6.45) is 1.48. The van der Waals surface area contributed by atoms with E-state index in [-0.39, 0.29) is 12.5 Å². The molecular formula is C23H32N2O4S. The van der Waals surface area contributed by atoms with Gasteiger partial charge in [0.25, 0.3) is 0 Å². The Bertz CT molecular complexity index is 1000. The van der Waals surface area contributed by atoms with E-state index in [1.165, 1.54) is 9.87 Å². The first-order chi connectivity index (χ1) is 14.0. The van der Waals surface area contributed by atoms with Gasteiger partial charge in [0, 0.05) is 0 Å². The zero-order valence-corrected chi connectivity index (χ0v) is 19.5. The molecule has 0 fully saturated rings. The van der Waals surface area contributed by atoms with Crippen LogP contribution in [0, 0.1) is 27.7 Å². The number of nitrogens with zero attached hydrogens (tertiary/aromatic N) is 1. The van der Waals surface area contributed by atoms with E-state index in [1.54, 1.807) is 19.1 Å². The molecule has 30 heavy (non-hydrogen) atoms. The fourth-order valence-corrected chi connectivity index (χ4v) is 4.39. The van der Waals surface area contributed by atoms with E-state index in [1.807, 2.05) is 52.0 Å². The highest BCUT2D eigenvalue weighted by Crippen LogP contribution is 2.25. The van der Waals surface area contributed by atoms with E-state index < -0.39 is 16.1 Å². The van der Waals surface area contributed by atoms with Crippen LogP contribution in [0.1, 0.15) is 35.6 Å². The standard InChI is InChI=1S/C23H32N2O4S/c1-7-22(25(30(6,27)28)20-10-8-16(2)18(4)14-20)23(26)24-12-13-29-21-11-9-17(3)19(5)15-21/h8-11,14-15,22H,7,12-13H2,1-6H3,(H,24,26)/t22-/m0/s1. The first-order valence-corrected chi connectivity index (χ1v) is 11.9. The van der Waals surface area contributed by atoms with Crippen molar-refractivity contribution < 1.29 is 17.9 Å². The lowest BCUT2D eigenvalue weighted by Crippen LogP contribution is -2.50. The van der Waals surface area contributed by atoms with Gasteiger partial charge < -0.3 is 10.1 Å². The molecule has 1 N–H and O–H groups in total. The molecule has 0 aromatic heterocycles. The second kappa shape index (κ2) is 9.98. The Kier molecular flexibility index (Phi) is 7.89. The van der Waals surface area contributed by atoms with E-state index in [2.05, 4.69) is 5.32 Å². The van der Waals surface area contributed by atoms with Crippen LogP contribution in [0.2, 0.25) is 0 Å². The summed E-state index contributed by atoms with van der Waals surface area (Å²) in [5.41, 5.74) is 4.86. The molecule has 2 aromatic carbocycles. The molecule has 2 rings (SSSR count). The lowest BCUT2D eigenvalue weighted by atomic mass is 10.1. The second-order valence-corrected chi connectivity index (χ2v) is 9.50. The predicted octanol–water partition coefficient (Wildman–Crippen LogP) is 3.66. The summed E-state index contributed by atoms with van der Waals surface area (Å²) in [7, 11) is -3.65. The molecule has 0 unspecified atom stereocenters. The number of amides is 1. The molecule has 6 nitrogen and oxygen atoms in total. The van der Waals surface area contributed by atoms with Crippen molar-refractivity contribution >= 4 is 21.6 Å².